The molecule has 0 fully saturated rings. The smallest absolute Gasteiger partial charge is 0.321 e. The average molecular weight is 317 g/mol. The fourth-order valence-corrected chi connectivity index (χ4v) is 1.18. The first-order chi connectivity index (χ1) is 4.61. The van der Waals surface area contributed by atoms with E-state index in [4.69, 9.17) is 9.79 Å². The van der Waals surface area contributed by atoms with E-state index < -0.39 is 7.60 Å². The molecule has 0 amide bonds. The Kier molecular flexibility index (Phi) is 4.90. The van der Waals surface area contributed by atoms with Gasteiger partial charge in [-0.25, -0.2) is 0 Å². The van der Waals surface area contributed by atoms with Gasteiger partial charge in [0.2, 0.25) is 0 Å². The van der Waals surface area contributed by atoms with Crippen LogP contribution in [-0.2, 0) is 4.57 Å². The summed E-state index contributed by atoms with van der Waals surface area (Å²) in [6.07, 6.45) is 0. The van der Waals surface area contributed by atoms with Gasteiger partial charge in [0.15, 0.2) is 0 Å². The van der Waals surface area contributed by atoms with Gasteiger partial charge in [-0.05, 0) is 12.1 Å². The molecule has 0 atom stereocenters. The maximum atomic E-state index is 10.5. The predicted molar refractivity (Wildman–Crippen MR) is 38.1 cm³/mol. The van der Waals surface area contributed by atoms with Crippen molar-refractivity contribution in [1.82, 2.24) is 0 Å². The molecular weight excluding hydrogens is 310 g/mol. The molecule has 63 valence electrons. The van der Waals surface area contributed by atoms with Crippen LogP contribution in [0.3, 0.4) is 0 Å². The Balaban J connectivity index is 0.000001000. The molecule has 0 unspecified atom stereocenters. The Morgan fingerprint density at radius 3 is 1.82 bits per heavy atom. The fourth-order valence-electron chi connectivity index (χ4n) is 0.622. The van der Waals surface area contributed by atoms with Crippen LogP contribution in [0.2, 0.25) is 0 Å². The van der Waals surface area contributed by atoms with Crippen LogP contribution < -0.4 is 5.30 Å². The minimum absolute atomic E-state index is 0. The molecule has 0 saturated heterocycles. The molecule has 5 heteroatoms. The maximum Gasteiger partial charge on any atom is 0.356 e. The van der Waals surface area contributed by atoms with Gasteiger partial charge in [0, 0.05) is 38.6 Å². The number of hydrogen-bond donors (Lipinski definition) is 2. The molecule has 0 aliphatic carbocycles. The van der Waals surface area contributed by atoms with E-state index >= 15 is 0 Å². The third kappa shape index (κ3) is 3.72. The third-order valence-corrected chi connectivity index (χ3v) is 2.06. The van der Waals surface area contributed by atoms with Crippen molar-refractivity contribution < 1.29 is 53.0 Å². The molecule has 0 bridgehead atoms. The van der Waals surface area contributed by atoms with Gasteiger partial charge in [0.25, 0.3) is 0 Å². The molecule has 1 radical (unpaired) electrons. The summed E-state index contributed by atoms with van der Waals surface area (Å²) in [6, 6.07) is 7.70. The molecule has 0 heterocycles. The van der Waals surface area contributed by atoms with E-state index in [1.54, 1.807) is 18.2 Å². The Hall–Kier alpha value is 0.656. The SMILES string of the molecule is O=P(O)(O)c1ccccc1.[Tb]. The van der Waals surface area contributed by atoms with Crippen molar-refractivity contribution in [3.05, 3.63) is 30.3 Å². The van der Waals surface area contributed by atoms with E-state index in [9.17, 15) is 4.57 Å². The van der Waals surface area contributed by atoms with E-state index in [1.165, 1.54) is 12.1 Å². The van der Waals surface area contributed by atoms with Crippen molar-refractivity contribution in [3.63, 3.8) is 0 Å². The molecule has 11 heavy (non-hydrogen) atoms. The van der Waals surface area contributed by atoms with Gasteiger partial charge in [-0.15, -0.1) is 0 Å². The van der Waals surface area contributed by atoms with Gasteiger partial charge in [-0.2, -0.15) is 0 Å². The van der Waals surface area contributed by atoms with Crippen molar-refractivity contribution >= 4 is 12.9 Å². The molecule has 1 aromatic carbocycles. The molecular formula is C6H7O3PTb. The summed E-state index contributed by atoms with van der Waals surface area (Å²) in [5, 5.41) is 0.0648. The summed E-state index contributed by atoms with van der Waals surface area (Å²) in [5.74, 6) is 0. The molecule has 3 nitrogen and oxygen atoms in total. The van der Waals surface area contributed by atoms with Crippen LogP contribution >= 0.6 is 7.60 Å². The Labute approximate surface area is 95.4 Å². The number of rotatable bonds is 1. The van der Waals surface area contributed by atoms with Gasteiger partial charge < -0.3 is 9.79 Å². The molecule has 1 rings (SSSR count). The molecule has 1 aromatic rings. The van der Waals surface area contributed by atoms with Crippen molar-refractivity contribution in [2.75, 3.05) is 0 Å². The van der Waals surface area contributed by atoms with E-state index in [0.29, 0.717) is 0 Å². The van der Waals surface area contributed by atoms with Crippen molar-refractivity contribution in [1.29, 1.82) is 0 Å². The standard InChI is InChI=1S/C6H7O3P.Tb/c7-10(8,9)6-4-2-1-3-5-6;/h1-5H,(H2,7,8,9);. The zero-order chi connectivity index (χ0) is 7.61. The van der Waals surface area contributed by atoms with E-state index in [2.05, 4.69) is 0 Å². The van der Waals surface area contributed by atoms with Crippen LogP contribution in [0.4, 0.5) is 0 Å². The fraction of sp³-hybridized carbons (Fsp3) is 0. The average Bonchev–Trinajstić information content (AvgIpc) is 1.88. The first kappa shape index (κ1) is 11.7. The normalized spacial score (nSPS) is 10.4. The predicted octanol–water partition coefficient (Wildman–Crippen LogP) is 0.490. The van der Waals surface area contributed by atoms with Crippen LogP contribution in [0, 0.1) is 38.6 Å². The summed E-state index contributed by atoms with van der Waals surface area (Å²) in [4.78, 5) is 17.2. The molecule has 0 aliphatic rings. The second-order valence-corrected chi connectivity index (χ2v) is 3.48. The van der Waals surface area contributed by atoms with Crippen LogP contribution in [-0.4, -0.2) is 9.79 Å². The van der Waals surface area contributed by atoms with Gasteiger partial charge >= 0.3 is 7.60 Å². The molecule has 2 N–H and O–H groups in total. The van der Waals surface area contributed by atoms with Crippen molar-refractivity contribution in [2.45, 2.75) is 0 Å². The molecule has 0 aromatic heterocycles. The molecule has 0 spiro atoms. The zero-order valence-electron chi connectivity index (χ0n) is 5.47. The summed E-state index contributed by atoms with van der Waals surface area (Å²) in [6.45, 7) is 0. The van der Waals surface area contributed by atoms with Gasteiger partial charge in [-0.1, -0.05) is 18.2 Å². The van der Waals surface area contributed by atoms with Gasteiger partial charge in [-0.3, -0.25) is 4.57 Å². The summed E-state index contributed by atoms with van der Waals surface area (Å²) in [7, 11) is -4.02. The van der Waals surface area contributed by atoms with E-state index in [1.807, 2.05) is 0 Å². The summed E-state index contributed by atoms with van der Waals surface area (Å²) >= 11 is 0. The number of benzene rings is 1. The quantitative estimate of drug-likeness (QED) is 0.741. The zero-order valence-corrected chi connectivity index (χ0v) is 8.50. The Morgan fingerprint density at radius 2 is 1.55 bits per heavy atom. The largest absolute Gasteiger partial charge is 0.356 e. The van der Waals surface area contributed by atoms with Crippen molar-refractivity contribution in [2.24, 2.45) is 0 Å². The minimum atomic E-state index is -4.02. The topological polar surface area (TPSA) is 57.5 Å². The van der Waals surface area contributed by atoms with Crippen molar-refractivity contribution in [3.8, 4) is 0 Å². The first-order valence-corrected chi connectivity index (χ1v) is 4.33. The second kappa shape index (κ2) is 4.63. The summed E-state index contributed by atoms with van der Waals surface area (Å²) < 4.78 is 10.5. The first-order valence-electron chi connectivity index (χ1n) is 2.72. The molecule has 0 saturated carbocycles. The molecule has 0 aliphatic heterocycles. The van der Waals surface area contributed by atoms with Gasteiger partial charge in [0.1, 0.15) is 0 Å². The van der Waals surface area contributed by atoms with Crippen LogP contribution in [0.1, 0.15) is 0 Å². The Bertz CT molecular complexity index is 256. The van der Waals surface area contributed by atoms with Crippen LogP contribution in [0.15, 0.2) is 30.3 Å². The van der Waals surface area contributed by atoms with E-state index in [0.717, 1.165) is 0 Å². The monoisotopic (exact) mass is 317 g/mol. The van der Waals surface area contributed by atoms with Gasteiger partial charge in [0.05, 0.1) is 5.30 Å². The van der Waals surface area contributed by atoms with Crippen LogP contribution in [0.5, 0.6) is 0 Å². The third-order valence-electron chi connectivity index (χ3n) is 1.09. The Morgan fingerprint density at radius 1 is 1.09 bits per heavy atom. The van der Waals surface area contributed by atoms with E-state index in [-0.39, 0.29) is 43.9 Å². The minimum Gasteiger partial charge on any atom is -0.321 e. The van der Waals surface area contributed by atoms with Crippen LogP contribution in [0.25, 0.3) is 0 Å². The number of hydrogen-bond acceptors (Lipinski definition) is 1. The maximum absolute atomic E-state index is 10.5. The summed E-state index contributed by atoms with van der Waals surface area (Å²) in [5.41, 5.74) is 0. The second-order valence-electron chi connectivity index (χ2n) is 1.88.